The lowest BCUT2D eigenvalue weighted by Crippen LogP contribution is -2.19. The average Bonchev–Trinajstić information content (AvgIpc) is 2.60. The van der Waals surface area contributed by atoms with Gasteiger partial charge in [-0.25, -0.2) is 4.98 Å². The fourth-order valence-electron chi connectivity index (χ4n) is 2.75. The molecule has 2 unspecified atom stereocenters. The van der Waals surface area contributed by atoms with Crippen molar-refractivity contribution in [3.05, 3.63) is 17.2 Å². The number of hydrogen-bond donors (Lipinski definition) is 2. The lowest BCUT2D eigenvalue weighted by molar-refractivity contribution is 0.440. The highest BCUT2D eigenvalue weighted by molar-refractivity contribution is 5.22. The number of H-pyrrole nitrogens is 1. The van der Waals surface area contributed by atoms with Crippen LogP contribution >= 0.6 is 0 Å². The van der Waals surface area contributed by atoms with E-state index < -0.39 is 0 Å². The summed E-state index contributed by atoms with van der Waals surface area (Å²) in [6.07, 6.45) is 2.44. The molecule has 0 radical (unpaired) electrons. The maximum absolute atomic E-state index is 4.75. The highest BCUT2D eigenvalue weighted by atomic mass is 15.0. The largest absolute Gasteiger partial charge is 0.345 e. The van der Waals surface area contributed by atoms with Gasteiger partial charge in [-0.05, 0) is 31.2 Å². The summed E-state index contributed by atoms with van der Waals surface area (Å²) in [5.74, 6) is 3.20. The average molecular weight is 235 g/mol. The summed E-state index contributed by atoms with van der Waals surface area (Å²) in [5.41, 5.74) is 2.68. The van der Waals surface area contributed by atoms with Crippen molar-refractivity contribution >= 4 is 0 Å². The molecule has 17 heavy (non-hydrogen) atoms. The second kappa shape index (κ2) is 5.21. The third kappa shape index (κ3) is 3.09. The molecule has 1 heterocycles. The Morgan fingerprint density at radius 1 is 1.41 bits per heavy atom. The Morgan fingerprint density at radius 3 is 2.88 bits per heavy atom. The van der Waals surface area contributed by atoms with Crippen LogP contribution in [0.3, 0.4) is 0 Å². The monoisotopic (exact) mass is 235 g/mol. The molecule has 0 saturated carbocycles. The predicted octanol–water partition coefficient (Wildman–Crippen LogP) is 2.84. The summed E-state index contributed by atoms with van der Waals surface area (Å²) >= 11 is 0. The Kier molecular flexibility index (Phi) is 3.87. The summed E-state index contributed by atoms with van der Waals surface area (Å²) < 4.78 is 0. The Morgan fingerprint density at radius 2 is 2.18 bits per heavy atom. The first-order valence-electron chi connectivity index (χ1n) is 6.84. The minimum atomic E-state index is 0.615. The van der Waals surface area contributed by atoms with Crippen LogP contribution in [-0.4, -0.2) is 16.5 Å². The van der Waals surface area contributed by atoms with E-state index in [2.05, 4.69) is 38.0 Å². The van der Waals surface area contributed by atoms with Gasteiger partial charge in [0.05, 0.1) is 12.2 Å². The minimum Gasteiger partial charge on any atom is -0.345 e. The van der Waals surface area contributed by atoms with E-state index in [0.29, 0.717) is 11.8 Å². The van der Waals surface area contributed by atoms with E-state index in [1.807, 2.05) is 0 Å². The summed E-state index contributed by atoms with van der Waals surface area (Å²) in [6.45, 7) is 11.0. The quantitative estimate of drug-likeness (QED) is 0.842. The molecule has 2 rings (SSSR count). The summed E-state index contributed by atoms with van der Waals surface area (Å²) in [7, 11) is 0. The molecular formula is C14H25N3. The van der Waals surface area contributed by atoms with Crippen molar-refractivity contribution in [2.75, 3.05) is 6.54 Å². The summed E-state index contributed by atoms with van der Waals surface area (Å²) in [6, 6.07) is 0. The fraction of sp³-hybridized carbons (Fsp3) is 0.786. The van der Waals surface area contributed by atoms with Crippen LogP contribution in [0.5, 0.6) is 0 Å². The van der Waals surface area contributed by atoms with Crippen LogP contribution in [0.15, 0.2) is 0 Å². The van der Waals surface area contributed by atoms with E-state index in [-0.39, 0.29) is 0 Å². The molecule has 1 aromatic rings. The molecule has 0 fully saturated rings. The number of imidazole rings is 1. The van der Waals surface area contributed by atoms with Gasteiger partial charge in [0.2, 0.25) is 0 Å². The van der Waals surface area contributed by atoms with Crippen molar-refractivity contribution in [1.82, 2.24) is 15.3 Å². The minimum absolute atomic E-state index is 0.615. The number of fused-ring (bicyclic) bond motifs is 1. The highest BCUT2D eigenvalue weighted by Crippen LogP contribution is 2.32. The Balaban J connectivity index is 1.99. The van der Waals surface area contributed by atoms with E-state index in [9.17, 15) is 0 Å². The first-order valence-corrected chi connectivity index (χ1v) is 6.84. The molecule has 3 nitrogen and oxygen atoms in total. The molecular weight excluding hydrogens is 210 g/mol. The van der Waals surface area contributed by atoms with E-state index in [0.717, 1.165) is 31.3 Å². The molecule has 2 N–H and O–H groups in total. The topological polar surface area (TPSA) is 40.7 Å². The van der Waals surface area contributed by atoms with Crippen molar-refractivity contribution < 1.29 is 0 Å². The number of rotatable bonds is 4. The van der Waals surface area contributed by atoms with Gasteiger partial charge >= 0.3 is 0 Å². The van der Waals surface area contributed by atoms with Gasteiger partial charge in [-0.15, -0.1) is 0 Å². The normalized spacial score (nSPS) is 24.1. The van der Waals surface area contributed by atoms with Crippen molar-refractivity contribution in [3.63, 3.8) is 0 Å². The number of nitrogens with one attached hydrogen (secondary N) is 2. The highest BCUT2D eigenvalue weighted by Gasteiger charge is 2.24. The third-order valence-electron chi connectivity index (χ3n) is 3.48. The smallest absolute Gasteiger partial charge is 0.120 e. The molecule has 96 valence electrons. The van der Waals surface area contributed by atoms with Gasteiger partial charge in [0.1, 0.15) is 5.82 Å². The van der Waals surface area contributed by atoms with E-state index in [4.69, 9.17) is 4.98 Å². The zero-order valence-corrected chi connectivity index (χ0v) is 11.5. The lowest BCUT2D eigenvalue weighted by atomic mass is 9.84. The molecule has 3 heteroatoms. The van der Waals surface area contributed by atoms with E-state index in [1.54, 1.807) is 0 Å². The van der Waals surface area contributed by atoms with E-state index in [1.165, 1.54) is 17.8 Å². The zero-order valence-electron chi connectivity index (χ0n) is 11.5. The molecule has 0 aromatic carbocycles. The summed E-state index contributed by atoms with van der Waals surface area (Å²) in [5, 5.41) is 3.44. The lowest BCUT2D eigenvalue weighted by Gasteiger charge is -2.22. The predicted molar refractivity (Wildman–Crippen MR) is 71.0 cm³/mol. The van der Waals surface area contributed by atoms with Gasteiger partial charge in [0, 0.05) is 11.6 Å². The molecule has 2 atom stereocenters. The number of hydrogen-bond acceptors (Lipinski definition) is 2. The Hall–Kier alpha value is -0.830. The van der Waals surface area contributed by atoms with Crippen LogP contribution in [0.4, 0.5) is 0 Å². The third-order valence-corrected chi connectivity index (χ3v) is 3.48. The van der Waals surface area contributed by atoms with Crippen LogP contribution < -0.4 is 5.32 Å². The summed E-state index contributed by atoms with van der Waals surface area (Å²) in [4.78, 5) is 8.24. The Labute approximate surface area is 104 Å². The van der Waals surface area contributed by atoms with Crippen molar-refractivity contribution in [3.8, 4) is 0 Å². The van der Waals surface area contributed by atoms with Gasteiger partial charge in [0.15, 0.2) is 0 Å². The standard InChI is InChI=1S/C14H25N3/c1-9(2)7-15-8-13-16-12-6-10(3)5-11(4)14(12)17-13/h9-11,15H,5-8H2,1-4H3,(H,16,17). The molecule has 0 saturated heterocycles. The molecule has 0 bridgehead atoms. The van der Waals surface area contributed by atoms with Gasteiger partial charge in [-0.2, -0.15) is 0 Å². The van der Waals surface area contributed by atoms with Gasteiger partial charge in [-0.3, -0.25) is 0 Å². The molecule has 1 aliphatic carbocycles. The maximum atomic E-state index is 4.75. The van der Waals surface area contributed by atoms with E-state index >= 15 is 0 Å². The van der Waals surface area contributed by atoms with Crippen LogP contribution in [0.25, 0.3) is 0 Å². The van der Waals surface area contributed by atoms with Gasteiger partial charge < -0.3 is 10.3 Å². The van der Waals surface area contributed by atoms with Crippen molar-refractivity contribution in [2.45, 2.75) is 53.0 Å². The second-order valence-corrected chi connectivity index (χ2v) is 6.02. The number of aromatic amines is 1. The van der Waals surface area contributed by atoms with Gasteiger partial charge in [-0.1, -0.05) is 27.7 Å². The van der Waals surface area contributed by atoms with Crippen molar-refractivity contribution in [2.24, 2.45) is 11.8 Å². The number of aromatic nitrogens is 2. The number of nitrogens with zero attached hydrogens (tertiary/aromatic N) is 1. The molecule has 0 spiro atoms. The van der Waals surface area contributed by atoms with Crippen LogP contribution in [0, 0.1) is 11.8 Å². The first-order chi connectivity index (χ1) is 8.06. The molecule has 1 aromatic heterocycles. The maximum Gasteiger partial charge on any atom is 0.120 e. The zero-order chi connectivity index (χ0) is 12.4. The second-order valence-electron chi connectivity index (χ2n) is 6.02. The Bertz CT molecular complexity index is 368. The molecule has 0 aliphatic heterocycles. The van der Waals surface area contributed by atoms with Crippen LogP contribution in [0.2, 0.25) is 0 Å². The van der Waals surface area contributed by atoms with Crippen LogP contribution in [-0.2, 0) is 13.0 Å². The SMILES string of the molecule is CC(C)CNCc1nc2c([nH]1)CC(C)CC2C. The van der Waals surface area contributed by atoms with Gasteiger partial charge in [0.25, 0.3) is 0 Å². The molecule has 0 amide bonds. The van der Waals surface area contributed by atoms with Crippen molar-refractivity contribution in [1.29, 1.82) is 0 Å². The van der Waals surface area contributed by atoms with Crippen LogP contribution in [0.1, 0.15) is 57.2 Å². The molecule has 1 aliphatic rings. The fourth-order valence-corrected chi connectivity index (χ4v) is 2.75. The first kappa shape index (κ1) is 12.6.